The van der Waals surface area contributed by atoms with Crippen LogP contribution in [-0.4, -0.2) is 74.5 Å². The van der Waals surface area contributed by atoms with E-state index in [4.69, 9.17) is 11.6 Å². The van der Waals surface area contributed by atoms with Gasteiger partial charge in [0.25, 0.3) is 0 Å². The first-order chi connectivity index (χ1) is 19.0. The average molecular weight is 583 g/mol. The fourth-order valence-corrected chi connectivity index (χ4v) is 5.62. The Bertz CT molecular complexity index is 1370. The molecule has 2 N–H and O–H groups in total. The van der Waals surface area contributed by atoms with Gasteiger partial charge in [-0.05, 0) is 64.3 Å². The molecule has 3 aromatic rings. The zero-order valence-electron chi connectivity index (χ0n) is 22.2. The first-order valence-electron chi connectivity index (χ1n) is 13.3. The molecule has 1 unspecified atom stereocenters. The van der Waals surface area contributed by atoms with E-state index in [1.807, 2.05) is 23.6 Å². The average Bonchev–Trinajstić information content (AvgIpc) is 3.56. The minimum Gasteiger partial charge on any atom is -0.341 e. The van der Waals surface area contributed by atoms with Crippen LogP contribution in [0.4, 0.5) is 35.0 Å². The van der Waals surface area contributed by atoms with Crippen molar-refractivity contribution >= 4 is 46.0 Å². The number of anilines is 3. The molecule has 2 fully saturated rings. The summed E-state index contributed by atoms with van der Waals surface area (Å²) in [5, 5.41) is 10.5. The van der Waals surface area contributed by atoms with Crippen LogP contribution in [0.15, 0.2) is 24.4 Å². The molecule has 2 aliphatic heterocycles. The summed E-state index contributed by atoms with van der Waals surface area (Å²) in [5.41, 5.74) is 0.0388. The maximum Gasteiger partial charge on any atom is 0.408 e. The Hall–Kier alpha value is -3.19. The summed E-state index contributed by atoms with van der Waals surface area (Å²) in [4.78, 5) is 26.1. The molecular weight excluding hydrogens is 552 g/mol. The standard InChI is InChI=1S/C26H31ClF4N8O/c1-15(2)39(24(40)21-4-3-9-32-21)17-7-10-37(11-8-17)25-35-22(34-20-6-5-16(27)12-19(20)28)18-13-33-38(23(18)36-25)14-26(29,30)31/h5-6,12-13,15,17,21,32H,3-4,7-11,14H2,1-2H3,(H,34,35,36). The molecule has 1 amide bonds. The van der Waals surface area contributed by atoms with Crippen LogP contribution in [0.1, 0.15) is 39.5 Å². The number of rotatable bonds is 7. The Morgan fingerprint density at radius 1 is 1.23 bits per heavy atom. The number of fused-ring (bicyclic) bond motifs is 1. The zero-order valence-corrected chi connectivity index (χ0v) is 22.9. The van der Waals surface area contributed by atoms with Crippen molar-refractivity contribution in [2.24, 2.45) is 0 Å². The summed E-state index contributed by atoms with van der Waals surface area (Å²) in [6, 6.07) is 3.93. The smallest absolute Gasteiger partial charge is 0.341 e. The van der Waals surface area contributed by atoms with E-state index < -0.39 is 18.5 Å². The van der Waals surface area contributed by atoms with E-state index >= 15 is 0 Å². The van der Waals surface area contributed by atoms with Gasteiger partial charge >= 0.3 is 6.18 Å². The number of nitrogens with zero attached hydrogens (tertiary/aromatic N) is 6. The summed E-state index contributed by atoms with van der Waals surface area (Å²) in [6.45, 7) is 4.50. The molecular formula is C26H31ClF4N8O. The molecule has 2 saturated heterocycles. The van der Waals surface area contributed by atoms with Crippen molar-refractivity contribution in [3.63, 3.8) is 0 Å². The number of nitrogens with one attached hydrogen (secondary N) is 2. The highest BCUT2D eigenvalue weighted by atomic mass is 35.5. The number of aromatic nitrogens is 4. The molecule has 0 aliphatic carbocycles. The molecule has 216 valence electrons. The topological polar surface area (TPSA) is 91.2 Å². The van der Waals surface area contributed by atoms with Crippen LogP contribution in [0, 0.1) is 5.82 Å². The van der Waals surface area contributed by atoms with Crippen LogP contribution < -0.4 is 15.5 Å². The lowest BCUT2D eigenvalue weighted by molar-refractivity contribution is -0.142. The minimum atomic E-state index is -4.51. The fraction of sp³-hybridized carbons (Fsp3) is 0.538. The largest absolute Gasteiger partial charge is 0.408 e. The van der Waals surface area contributed by atoms with Crippen LogP contribution in [0.2, 0.25) is 5.02 Å². The number of halogens is 5. The lowest BCUT2D eigenvalue weighted by atomic mass is 10.00. The third-order valence-corrected chi connectivity index (χ3v) is 7.54. The van der Waals surface area contributed by atoms with Crippen LogP contribution in [0.25, 0.3) is 11.0 Å². The van der Waals surface area contributed by atoms with Crippen molar-refractivity contribution in [2.45, 2.75) is 70.4 Å². The second-order valence-electron chi connectivity index (χ2n) is 10.5. The fourth-order valence-electron chi connectivity index (χ4n) is 5.46. The highest BCUT2D eigenvalue weighted by Gasteiger charge is 2.35. The molecule has 1 atom stereocenters. The monoisotopic (exact) mass is 582 g/mol. The van der Waals surface area contributed by atoms with Crippen molar-refractivity contribution in [2.75, 3.05) is 29.9 Å². The van der Waals surface area contributed by atoms with Crippen LogP contribution in [0.5, 0.6) is 0 Å². The van der Waals surface area contributed by atoms with Crippen LogP contribution in [-0.2, 0) is 11.3 Å². The van der Waals surface area contributed by atoms with Gasteiger partial charge in [0.1, 0.15) is 18.2 Å². The number of hydrogen-bond acceptors (Lipinski definition) is 7. The Morgan fingerprint density at radius 3 is 2.60 bits per heavy atom. The number of amides is 1. The second-order valence-corrected chi connectivity index (χ2v) is 10.9. The van der Waals surface area contributed by atoms with Crippen LogP contribution >= 0.6 is 11.6 Å². The second kappa shape index (κ2) is 11.4. The van der Waals surface area contributed by atoms with Gasteiger partial charge in [-0.25, -0.2) is 9.07 Å². The Morgan fingerprint density at radius 2 is 1.98 bits per heavy atom. The van der Waals surface area contributed by atoms with E-state index in [0.29, 0.717) is 25.9 Å². The zero-order chi connectivity index (χ0) is 28.6. The van der Waals surface area contributed by atoms with Gasteiger partial charge in [-0.3, -0.25) is 4.79 Å². The van der Waals surface area contributed by atoms with E-state index in [2.05, 4.69) is 25.7 Å². The molecule has 14 heteroatoms. The molecule has 0 spiro atoms. The number of benzene rings is 1. The predicted molar refractivity (Wildman–Crippen MR) is 144 cm³/mol. The molecule has 2 aromatic heterocycles. The normalized spacial score (nSPS) is 18.6. The maximum atomic E-state index is 14.6. The van der Waals surface area contributed by atoms with E-state index in [9.17, 15) is 22.4 Å². The quantitative estimate of drug-likeness (QED) is 0.384. The van der Waals surface area contributed by atoms with E-state index in [0.717, 1.165) is 30.1 Å². The SMILES string of the molecule is CC(C)N(C(=O)C1CCCN1)C1CCN(c2nc(Nc3ccc(Cl)cc3F)c3cnn(CC(F)(F)F)c3n2)CC1. The maximum absolute atomic E-state index is 14.6. The van der Waals surface area contributed by atoms with Gasteiger partial charge in [0, 0.05) is 30.2 Å². The van der Waals surface area contributed by atoms with Gasteiger partial charge in [-0.2, -0.15) is 28.2 Å². The lowest BCUT2D eigenvalue weighted by Gasteiger charge is -2.41. The van der Waals surface area contributed by atoms with Gasteiger partial charge in [0.15, 0.2) is 5.65 Å². The third-order valence-electron chi connectivity index (χ3n) is 7.31. The molecule has 0 bridgehead atoms. The van der Waals surface area contributed by atoms with Gasteiger partial charge in [0.2, 0.25) is 11.9 Å². The first-order valence-corrected chi connectivity index (χ1v) is 13.7. The predicted octanol–water partition coefficient (Wildman–Crippen LogP) is 4.88. The molecule has 2 aliphatic rings. The first kappa shape index (κ1) is 28.3. The summed E-state index contributed by atoms with van der Waals surface area (Å²) in [7, 11) is 0. The van der Waals surface area contributed by atoms with Gasteiger partial charge in [-0.15, -0.1) is 0 Å². The molecule has 1 aromatic carbocycles. The number of carbonyl (C=O) groups excluding carboxylic acids is 1. The Labute approximate surface area is 233 Å². The number of piperidine rings is 1. The molecule has 0 radical (unpaired) electrons. The summed E-state index contributed by atoms with van der Waals surface area (Å²) >= 11 is 5.87. The van der Waals surface area contributed by atoms with Crippen molar-refractivity contribution in [1.29, 1.82) is 0 Å². The Kier molecular flexibility index (Phi) is 8.05. The molecule has 0 saturated carbocycles. The number of alkyl halides is 3. The van der Waals surface area contributed by atoms with Crippen molar-refractivity contribution in [3.8, 4) is 0 Å². The van der Waals surface area contributed by atoms with Crippen molar-refractivity contribution in [1.82, 2.24) is 30.0 Å². The van der Waals surface area contributed by atoms with E-state index in [1.165, 1.54) is 18.3 Å². The van der Waals surface area contributed by atoms with E-state index in [-0.39, 0.29) is 57.5 Å². The summed E-state index contributed by atoms with van der Waals surface area (Å²) in [5.74, 6) is -0.203. The molecule has 9 nitrogen and oxygen atoms in total. The molecule has 4 heterocycles. The van der Waals surface area contributed by atoms with Crippen LogP contribution in [0.3, 0.4) is 0 Å². The minimum absolute atomic E-state index is 0.0198. The summed E-state index contributed by atoms with van der Waals surface area (Å²) in [6.07, 6.45) is -0.190. The van der Waals surface area contributed by atoms with Gasteiger partial charge in [0.05, 0.1) is 23.3 Å². The number of hydrogen-bond donors (Lipinski definition) is 2. The third kappa shape index (κ3) is 6.09. The van der Waals surface area contributed by atoms with Crippen molar-refractivity contribution in [3.05, 3.63) is 35.2 Å². The molecule has 40 heavy (non-hydrogen) atoms. The lowest BCUT2D eigenvalue weighted by Crippen LogP contribution is -2.54. The number of carbonyl (C=O) groups is 1. The highest BCUT2D eigenvalue weighted by Crippen LogP contribution is 2.31. The molecule has 5 rings (SSSR count). The van der Waals surface area contributed by atoms with Crippen molar-refractivity contribution < 1.29 is 22.4 Å². The Balaban J connectivity index is 1.42. The summed E-state index contributed by atoms with van der Waals surface area (Å²) < 4.78 is 55.2. The highest BCUT2D eigenvalue weighted by molar-refractivity contribution is 6.30. The van der Waals surface area contributed by atoms with E-state index in [1.54, 1.807) is 0 Å². The van der Waals surface area contributed by atoms with Gasteiger partial charge < -0.3 is 20.4 Å². The van der Waals surface area contributed by atoms with Gasteiger partial charge in [-0.1, -0.05) is 11.6 Å².